The summed E-state index contributed by atoms with van der Waals surface area (Å²) in [5, 5.41) is 10.9. The maximum Gasteiger partial charge on any atom is 0.119 e. The molecule has 19 heavy (non-hydrogen) atoms. The summed E-state index contributed by atoms with van der Waals surface area (Å²) in [5.41, 5.74) is 0.644. The van der Waals surface area contributed by atoms with E-state index >= 15 is 0 Å². The Labute approximate surface area is 115 Å². The number of aliphatic hydroxyl groups is 1. The zero-order valence-electron chi connectivity index (χ0n) is 11.6. The Morgan fingerprint density at radius 2 is 2.32 bits per heavy atom. The average molecular weight is 261 g/mol. The first-order valence-corrected chi connectivity index (χ1v) is 7.28. The van der Waals surface area contributed by atoms with Crippen molar-refractivity contribution >= 4 is 0 Å². The van der Waals surface area contributed by atoms with Gasteiger partial charge in [0, 0.05) is 19.0 Å². The van der Waals surface area contributed by atoms with Gasteiger partial charge in [-0.1, -0.05) is 12.1 Å². The average Bonchev–Trinajstić information content (AvgIpc) is 2.85. The first-order chi connectivity index (χ1) is 9.18. The Hall–Kier alpha value is -1.06. The van der Waals surface area contributed by atoms with Crippen LogP contribution in [0.15, 0.2) is 24.3 Å². The molecule has 3 heteroatoms. The van der Waals surface area contributed by atoms with Crippen molar-refractivity contribution in [3.8, 4) is 5.75 Å². The lowest BCUT2D eigenvalue weighted by atomic mass is 9.82. The number of hydrogen-bond donors (Lipinski definition) is 1. The Bertz CT molecular complexity index is 448. The number of nitrogens with zero attached hydrogens (tertiary/aromatic N) is 1. The number of fused-ring (bicyclic) bond motifs is 1. The van der Waals surface area contributed by atoms with Crippen LogP contribution in [0.25, 0.3) is 0 Å². The number of piperidine rings is 1. The fourth-order valence-electron chi connectivity index (χ4n) is 3.64. The van der Waals surface area contributed by atoms with Crippen LogP contribution in [-0.4, -0.2) is 41.8 Å². The van der Waals surface area contributed by atoms with Crippen LogP contribution >= 0.6 is 0 Å². The van der Waals surface area contributed by atoms with E-state index in [1.54, 1.807) is 7.11 Å². The van der Waals surface area contributed by atoms with E-state index in [1.165, 1.54) is 24.9 Å². The fourth-order valence-corrected chi connectivity index (χ4v) is 3.64. The topological polar surface area (TPSA) is 32.7 Å². The van der Waals surface area contributed by atoms with Gasteiger partial charge in [-0.15, -0.1) is 0 Å². The third-order valence-electron chi connectivity index (χ3n) is 4.65. The van der Waals surface area contributed by atoms with Gasteiger partial charge in [0.1, 0.15) is 5.75 Å². The molecule has 2 unspecified atom stereocenters. The Morgan fingerprint density at radius 1 is 1.42 bits per heavy atom. The molecule has 0 bridgehead atoms. The second-order valence-electron chi connectivity index (χ2n) is 6.04. The molecule has 2 heterocycles. The van der Waals surface area contributed by atoms with Crippen molar-refractivity contribution in [1.29, 1.82) is 0 Å². The van der Waals surface area contributed by atoms with Crippen LogP contribution in [-0.2, 0) is 6.42 Å². The molecule has 1 aromatic rings. The molecule has 2 aliphatic heterocycles. The van der Waals surface area contributed by atoms with Gasteiger partial charge in [0.15, 0.2) is 0 Å². The second-order valence-corrected chi connectivity index (χ2v) is 6.04. The number of ether oxygens (including phenoxy) is 1. The first kappa shape index (κ1) is 12.9. The first-order valence-electron chi connectivity index (χ1n) is 7.28. The minimum Gasteiger partial charge on any atom is -0.497 e. The smallest absolute Gasteiger partial charge is 0.119 e. The van der Waals surface area contributed by atoms with Gasteiger partial charge < -0.3 is 14.7 Å². The highest BCUT2D eigenvalue weighted by molar-refractivity contribution is 5.29. The zero-order valence-corrected chi connectivity index (χ0v) is 11.6. The van der Waals surface area contributed by atoms with E-state index in [0.717, 1.165) is 31.6 Å². The largest absolute Gasteiger partial charge is 0.497 e. The number of hydrogen-bond acceptors (Lipinski definition) is 3. The van der Waals surface area contributed by atoms with Gasteiger partial charge in [-0.05, 0) is 49.9 Å². The van der Waals surface area contributed by atoms with Crippen molar-refractivity contribution in [3.05, 3.63) is 29.8 Å². The lowest BCUT2D eigenvalue weighted by molar-refractivity contribution is -0.0354. The molecule has 104 valence electrons. The van der Waals surface area contributed by atoms with E-state index in [4.69, 9.17) is 4.74 Å². The molecule has 1 aromatic carbocycles. The number of rotatable bonds is 3. The van der Waals surface area contributed by atoms with Crippen LogP contribution in [0.4, 0.5) is 0 Å². The number of benzene rings is 1. The van der Waals surface area contributed by atoms with Crippen molar-refractivity contribution in [2.75, 3.05) is 20.2 Å². The quantitative estimate of drug-likeness (QED) is 0.905. The summed E-state index contributed by atoms with van der Waals surface area (Å²) in [4.78, 5) is 2.54. The van der Waals surface area contributed by atoms with Crippen LogP contribution in [0.5, 0.6) is 5.75 Å². The summed E-state index contributed by atoms with van der Waals surface area (Å²) in [7, 11) is 1.69. The summed E-state index contributed by atoms with van der Waals surface area (Å²) in [6.07, 6.45) is 5.10. The summed E-state index contributed by atoms with van der Waals surface area (Å²) in [5.74, 6) is 0.874. The maximum absolute atomic E-state index is 10.9. The Kier molecular flexibility index (Phi) is 3.50. The van der Waals surface area contributed by atoms with Crippen molar-refractivity contribution in [2.24, 2.45) is 0 Å². The lowest BCUT2D eigenvalue weighted by Crippen LogP contribution is -2.48. The van der Waals surface area contributed by atoms with Crippen LogP contribution in [0.2, 0.25) is 0 Å². The molecule has 0 aliphatic carbocycles. The van der Waals surface area contributed by atoms with Gasteiger partial charge >= 0.3 is 0 Å². The fraction of sp³-hybridized carbons (Fsp3) is 0.625. The molecule has 2 saturated heterocycles. The highest BCUT2D eigenvalue weighted by Crippen LogP contribution is 2.35. The summed E-state index contributed by atoms with van der Waals surface area (Å²) in [6, 6.07) is 8.68. The van der Waals surface area contributed by atoms with Gasteiger partial charge in [0.2, 0.25) is 0 Å². The third kappa shape index (κ3) is 2.77. The molecule has 2 atom stereocenters. The van der Waals surface area contributed by atoms with Gasteiger partial charge in [0.25, 0.3) is 0 Å². The molecule has 0 amide bonds. The zero-order chi connectivity index (χ0) is 13.3. The van der Waals surface area contributed by atoms with Crippen LogP contribution < -0.4 is 4.74 Å². The summed E-state index contributed by atoms with van der Waals surface area (Å²) >= 11 is 0. The van der Waals surface area contributed by atoms with E-state index in [1.807, 2.05) is 18.2 Å². The SMILES string of the molecule is COc1cccc(CC2(O)CCN3CCCC3C2)c1. The molecule has 2 fully saturated rings. The van der Waals surface area contributed by atoms with Crippen LogP contribution in [0, 0.1) is 0 Å². The third-order valence-corrected chi connectivity index (χ3v) is 4.65. The molecule has 0 spiro atoms. The molecule has 2 aliphatic rings. The van der Waals surface area contributed by atoms with E-state index in [9.17, 15) is 5.11 Å². The predicted octanol–water partition coefficient (Wildman–Crippen LogP) is 2.23. The normalized spacial score (nSPS) is 31.2. The minimum absolute atomic E-state index is 0.530. The Balaban J connectivity index is 1.70. The van der Waals surface area contributed by atoms with Gasteiger partial charge in [-0.2, -0.15) is 0 Å². The van der Waals surface area contributed by atoms with Crippen LogP contribution in [0.1, 0.15) is 31.2 Å². The molecule has 3 rings (SSSR count). The lowest BCUT2D eigenvalue weighted by Gasteiger charge is -2.41. The van der Waals surface area contributed by atoms with E-state index in [2.05, 4.69) is 11.0 Å². The van der Waals surface area contributed by atoms with Gasteiger partial charge in [0.05, 0.1) is 12.7 Å². The molecule has 0 radical (unpaired) electrons. The predicted molar refractivity (Wildman–Crippen MR) is 75.5 cm³/mol. The minimum atomic E-state index is -0.530. The molecule has 0 aromatic heterocycles. The van der Waals surface area contributed by atoms with Crippen LogP contribution in [0.3, 0.4) is 0 Å². The maximum atomic E-state index is 10.9. The number of methoxy groups -OCH3 is 1. The molecular formula is C16H23NO2. The van der Waals surface area contributed by atoms with E-state index in [-0.39, 0.29) is 0 Å². The van der Waals surface area contributed by atoms with E-state index < -0.39 is 5.60 Å². The molecular weight excluding hydrogens is 238 g/mol. The summed E-state index contributed by atoms with van der Waals surface area (Å²) in [6.45, 7) is 2.27. The summed E-state index contributed by atoms with van der Waals surface area (Å²) < 4.78 is 5.26. The molecule has 0 saturated carbocycles. The van der Waals surface area contributed by atoms with Gasteiger partial charge in [-0.25, -0.2) is 0 Å². The highest BCUT2D eigenvalue weighted by atomic mass is 16.5. The van der Waals surface area contributed by atoms with E-state index in [0.29, 0.717) is 6.04 Å². The van der Waals surface area contributed by atoms with Crippen molar-refractivity contribution in [3.63, 3.8) is 0 Å². The van der Waals surface area contributed by atoms with Crippen molar-refractivity contribution in [1.82, 2.24) is 4.90 Å². The van der Waals surface area contributed by atoms with Crippen molar-refractivity contribution in [2.45, 2.75) is 43.7 Å². The Morgan fingerprint density at radius 3 is 3.16 bits per heavy atom. The second kappa shape index (κ2) is 5.14. The molecule has 1 N–H and O–H groups in total. The monoisotopic (exact) mass is 261 g/mol. The highest BCUT2D eigenvalue weighted by Gasteiger charge is 2.40. The molecule has 3 nitrogen and oxygen atoms in total. The standard InChI is InChI=1S/C16H23NO2/c1-19-15-6-2-4-13(10-15)11-16(18)7-9-17-8-3-5-14(17)12-16/h2,4,6,10,14,18H,3,5,7-9,11-12H2,1H3. The van der Waals surface area contributed by atoms with Gasteiger partial charge in [-0.3, -0.25) is 0 Å². The van der Waals surface area contributed by atoms with Crippen molar-refractivity contribution < 1.29 is 9.84 Å².